The first-order chi connectivity index (χ1) is 11.2. The Morgan fingerprint density at radius 1 is 1.61 bits per heavy atom. The number of carbonyl (C=O) groups excluding carboxylic acids is 1. The highest BCUT2D eigenvalue weighted by Gasteiger charge is 2.26. The molecule has 3 heterocycles. The Morgan fingerprint density at radius 2 is 2.48 bits per heavy atom. The standard InChI is InChI=1S/C15H20N4O3S/c1-10-8-19(4-5-22-10)9-12-11(15(20)21-2)7-17-13(18-12)14-16-3-6-23-14/h3,6,10H,4-5,7-9H2,1-2H3,(H,17,18)/t10-/m0/s1. The van der Waals surface area contributed by atoms with E-state index in [0.717, 1.165) is 23.8 Å². The van der Waals surface area contributed by atoms with E-state index in [1.165, 1.54) is 18.4 Å². The predicted octanol–water partition coefficient (Wildman–Crippen LogP) is 0.641. The number of morpholine rings is 1. The second kappa shape index (κ2) is 7.20. The van der Waals surface area contributed by atoms with Gasteiger partial charge in [0.2, 0.25) is 0 Å². The van der Waals surface area contributed by atoms with E-state index in [2.05, 4.69) is 27.1 Å². The maximum absolute atomic E-state index is 12.0. The second-order valence-corrected chi connectivity index (χ2v) is 6.39. The molecule has 2 aliphatic heterocycles. The quantitative estimate of drug-likeness (QED) is 0.813. The number of rotatable bonds is 4. The minimum atomic E-state index is -0.337. The van der Waals surface area contributed by atoms with Crippen LogP contribution in [0.2, 0.25) is 0 Å². The molecule has 3 rings (SSSR count). The van der Waals surface area contributed by atoms with Crippen LogP contribution >= 0.6 is 11.3 Å². The first-order valence-corrected chi connectivity index (χ1v) is 8.41. The van der Waals surface area contributed by atoms with Gasteiger partial charge >= 0.3 is 5.97 Å². The van der Waals surface area contributed by atoms with Gasteiger partial charge in [-0.3, -0.25) is 9.89 Å². The monoisotopic (exact) mass is 336 g/mol. The van der Waals surface area contributed by atoms with Gasteiger partial charge in [-0.05, 0) is 6.92 Å². The molecular weight excluding hydrogens is 316 g/mol. The van der Waals surface area contributed by atoms with E-state index in [1.807, 2.05) is 5.38 Å². The van der Waals surface area contributed by atoms with Crippen LogP contribution in [-0.4, -0.2) is 67.7 Å². The van der Waals surface area contributed by atoms with Crippen LogP contribution in [0.4, 0.5) is 0 Å². The first-order valence-electron chi connectivity index (χ1n) is 7.53. The van der Waals surface area contributed by atoms with Crippen molar-refractivity contribution in [2.45, 2.75) is 13.0 Å². The van der Waals surface area contributed by atoms with Crippen molar-refractivity contribution in [3.05, 3.63) is 27.9 Å². The Labute approximate surface area is 139 Å². The fourth-order valence-corrected chi connectivity index (χ4v) is 3.28. The average Bonchev–Trinajstić information content (AvgIpc) is 3.08. The molecule has 0 aromatic carbocycles. The number of esters is 1. The van der Waals surface area contributed by atoms with Crippen LogP contribution in [0.25, 0.3) is 0 Å². The van der Waals surface area contributed by atoms with Crippen LogP contribution in [0.15, 0.2) is 27.8 Å². The van der Waals surface area contributed by atoms with E-state index in [0.29, 0.717) is 31.1 Å². The van der Waals surface area contributed by atoms with Gasteiger partial charge in [0.05, 0.1) is 31.9 Å². The fourth-order valence-electron chi connectivity index (χ4n) is 2.68. The highest BCUT2D eigenvalue weighted by atomic mass is 32.1. The van der Waals surface area contributed by atoms with E-state index >= 15 is 0 Å². The van der Waals surface area contributed by atoms with Gasteiger partial charge in [-0.25, -0.2) is 9.78 Å². The van der Waals surface area contributed by atoms with E-state index in [9.17, 15) is 4.79 Å². The average molecular weight is 336 g/mol. The summed E-state index contributed by atoms with van der Waals surface area (Å²) in [7, 11) is 1.39. The lowest BCUT2D eigenvalue weighted by Gasteiger charge is -2.33. The third kappa shape index (κ3) is 3.77. The molecule has 1 N–H and O–H groups in total. The van der Waals surface area contributed by atoms with Crippen molar-refractivity contribution in [2.75, 3.05) is 39.9 Å². The Morgan fingerprint density at radius 3 is 3.17 bits per heavy atom. The maximum Gasteiger partial charge on any atom is 0.337 e. The predicted molar refractivity (Wildman–Crippen MR) is 87.5 cm³/mol. The van der Waals surface area contributed by atoms with Crippen molar-refractivity contribution in [1.29, 1.82) is 0 Å². The van der Waals surface area contributed by atoms with Crippen molar-refractivity contribution in [2.24, 2.45) is 4.99 Å². The van der Waals surface area contributed by atoms with Gasteiger partial charge in [0, 0.05) is 36.9 Å². The van der Waals surface area contributed by atoms with Crippen molar-refractivity contribution in [3.8, 4) is 0 Å². The molecule has 1 fully saturated rings. The molecule has 124 valence electrons. The lowest BCUT2D eigenvalue weighted by Crippen LogP contribution is -2.45. The molecule has 2 aliphatic rings. The summed E-state index contributed by atoms with van der Waals surface area (Å²) in [4.78, 5) is 23.0. The molecule has 0 unspecified atom stereocenters. The summed E-state index contributed by atoms with van der Waals surface area (Å²) in [5, 5.41) is 6.00. The molecule has 7 nitrogen and oxygen atoms in total. The molecule has 1 aromatic rings. The Hall–Kier alpha value is -1.77. The minimum absolute atomic E-state index is 0.196. The topological polar surface area (TPSA) is 76.0 Å². The number of nitrogens with one attached hydrogen (secondary N) is 1. The van der Waals surface area contributed by atoms with Crippen LogP contribution in [0.3, 0.4) is 0 Å². The number of hydrogen-bond donors (Lipinski definition) is 1. The molecule has 0 spiro atoms. The summed E-state index contributed by atoms with van der Waals surface area (Å²) in [6.45, 7) is 5.39. The van der Waals surface area contributed by atoms with Crippen LogP contribution in [0, 0.1) is 0 Å². The SMILES string of the molecule is COC(=O)C1=C(CN2CCO[C@@H](C)C2)NC(c2nccs2)=NC1. The number of hydrogen-bond acceptors (Lipinski definition) is 8. The number of aromatic nitrogens is 1. The molecule has 0 aliphatic carbocycles. The van der Waals surface area contributed by atoms with Gasteiger partial charge in [-0.15, -0.1) is 11.3 Å². The molecule has 1 aromatic heterocycles. The molecule has 0 bridgehead atoms. The number of amidine groups is 1. The number of thiazole rings is 1. The molecular formula is C15H20N4O3S. The lowest BCUT2D eigenvalue weighted by atomic mass is 10.1. The van der Waals surface area contributed by atoms with Gasteiger partial charge in [-0.1, -0.05) is 0 Å². The summed E-state index contributed by atoms with van der Waals surface area (Å²) in [6.07, 6.45) is 1.94. The van der Waals surface area contributed by atoms with Crippen molar-refractivity contribution < 1.29 is 14.3 Å². The Bertz CT molecular complexity index is 627. The van der Waals surface area contributed by atoms with E-state index < -0.39 is 0 Å². The molecule has 23 heavy (non-hydrogen) atoms. The third-order valence-electron chi connectivity index (χ3n) is 3.80. The summed E-state index contributed by atoms with van der Waals surface area (Å²) in [5.74, 6) is 0.375. The third-order valence-corrected chi connectivity index (χ3v) is 4.58. The zero-order chi connectivity index (χ0) is 16.2. The molecule has 0 saturated carbocycles. The van der Waals surface area contributed by atoms with Gasteiger partial charge < -0.3 is 14.8 Å². The number of aliphatic imine (C=N–C) groups is 1. The Kier molecular flexibility index (Phi) is 5.04. The van der Waals surface area contributed by atoms with E-state index in [4.69, 9.17) is 9.47 Å². The molecule has 0 radical (unpaired) electrons. The van der Waals surface area contributed by atoms with Crippen LogP contribution in [-0.2, 0) is 14.3 Å². The maximum atomic E-state index is 12.0. The highest BCUT2D eigenvalue weighted by molar-refractivity contribution is 7.11. The van der Waals surface area contributed by atoms with Crippen LogP contribution in [0.5, 0.6) is 0 Å². The van der Waals surface area contributed by atoms with Crippen LogP contribution < -0.4 is 5.32 Å². The van der Waals surface area contributed by atoms with Gasteiger partial charge in [-0.2, -0.15) is 0 Å². The second-order valence-electron chi connectivity index (χ2n) is 5.49. The largest absolute Gasteiger partial charge is 0.466 e. The zero-order valence-corrected chi connectivity index (χ0v) is 14.1. The summed E-state index contributed by atoms with van der Waals surface area (Å²) < 4.78 is 10.5. The van der Waals surface area contributed by atoms with E-state index in [-0.39, 0.29) is 12.1 Å². The Balaban J connectivity index is 1.78. The van der Waals surface area contributed by atoms with Gasteiger partial charge in [0.15, 0.2) is 10.8 Å². The van der Waals surface area contributed by atoms with Gasteiger partial charge in [0.25, 0.3) is 0 Å². The van der Waals surface area contributed by atoms with Crippen molar-refractivity contribution >= 4 is 23.1 Å². The number of ether oxygens (including phenoxy) is 2. The summed E-state index contributed by atoms with van der Waals surface area (Å²) >= 11 is 1.52. The van der Waals surface area contributed by atoms with Crippen molar-refractivity contribution in [1.82, 2.24) is 15.2 Å². The molecule has 8 heteroatoms. The summed E-state index contributed by atoms with van der Waals surface area (Å²) in [5.41, 5.74) is 1.41. The molecule has 1 saturated heterocycles. The summed E-state index contributed by atoms with van der Waals surface area (Å²) in [6, 6.07) is 0. The minimum Gasteiger partial charge on any atom is -0.466 e. The lowest BCUT2D eigenvalue weighted by molar-refractivity contribution is -0.136. The number of methoxy groups -OCH3 is 1. The van der Waals surface area contributed by atoms with E-state index in [1.54, 1.807) is 6.20 Å². The fraction of sp³-hybridized carbons (Fsp3) is 0.533. The zero-order valence-electron chi connectivity index (χ0n) is 13.2. The highest BCUT2D eigenvalue weighted by Crippen LogP contribution is 2.17. The molecule has 0 amide bonds. The van der Waals surface area contributed by atoms with Gasteiger partial charge in [0.1, 0.15) is 0 Å². The van der Waals surface area contributed by atoms with Crippen molar-refractivity contribution in [3.63, 3.8) is 0 Å². The number of nitrogens with zero attached hydrogens (tertiary/aromatic N) is 3. The number of carbonyl (C=O) groups is 1. The van der Waals surface area contributed by atoms with Crippen LogP contribution in [0.1, 0.15) is 11.9 Å². The molecule has 1 atom stereocenters. The normalized spacial score (nSPS) is 22.5. The smallest absolute Gasteiger partial charge is 0.337 e. The first kappa shape index (κ1) is 16.1.